The summed E-state index contributed by atoms with van der Waals surface area (Å²) in [4.78, 5) is 0.759. The zero-order valence-corrected chi connectivity index (χ0v) is 16.3. The van der Waals surface area contributed by atoms with Crippen LogP contribution in [0.2, 0.25) is 0 Å². The predicted octanol–water partition coefficient (Wildman–Crippen LogP) is 5.04. The number of benzene rings is 1. The second-order valence-corrected chi connectivity index (χ2v) is 10.4. The maximum Gasteiger partial charge on any atom is 0.0805 e. The molecule has 0 aliphatic heterocycles. The van der Waals surface area contributed by atoms with Gasteiger partial charge < -0.3 is 5.11 Å². The SMILES string of the molecule is CN=S(=O)(CC1(O)CCCCCCCCC[C@H]2C[C@@H]21)c1ccccc1. The van der Waals surface area contributed by atoms with Crippen LogP contribution < -0.4 is 0 Å². The van der Waals surface area contributed by atoms with Crippen LogP contribution >= 0.6 is 0 Å². The average molecular weight is 364 g/mol. The van der Waals surface area contributed by atoms with Crippen LogP contribution in [-0.4, -0.2) is 27.7 Å². The molecule has 0 bridgehead atoms. The van der Waals surface area contributed by atoms with Crippen LogP contribution in [-0.2, 0) is 9.73 Å². The number of aliphatic hydroxyl groups is 1. The molecule has 2 aliphatic rings. The van der Waals surface area contributed by atoms with Gasteiger partial charge in [0.05, 0.1) is 21.1 Å². The second kappa shape index (κ2) is 8.22. The molecule has 0 heterocycles. The zero-order valence-electron chi connectivity index (χ0n) is 15.5. The fourth-order valence-corrected chi connectivity index (χ4v) is 6.66. The number of hydrogen-bond donors (Lipinski definition) is 1. The summed E-state index contributed by atoms with van der Waals surface area (Å²) in [6.07, 6.45) is 11.9. The first kappa shape index (κ1) is 18.9. The van der Waals surface area contributed by atoms with Crippen LogP contribution in [0.15, 0.2) is 39.6 Å². The van der Waals surface area contributed by atoms with Crippen molar-refractivity contribution in [3.05, 3.63) is 30.3 Å². The van der Waals surface area contributed by atoms with Gasteiger partial charge in [0, 0.05) is 11.9 Å². The highest BCUT2D eigenvalue weighted by molar-refractivity contribution is 7.93. The lowest BCUT2D eigenvalue weighted by atomic mass is 9.89. The van der Waals surface area contributed by atoms with Gasteiger partial charge in [-0.05, 0) is 36.8 Å². The molecule has 1 aromatic rings. The number of hydrogen-bond acceptors (Lipinski definition) is 3. The van der Waals surface area contributed by atoms with Gasteiger partial charge in [-0.15, -0.1) is 0 Å². The van der Waals surface area contributed by atoms with E-state index in [-0.39, 0.29) is 0 Å². The van der Waals surface area contributed by atoms with Crippen LogP contribution in [0.4, 0.5) is 0 Å². The first-order valence-electron chi connectivity index (χ1n) is 9.98. The lowest BCUT2D eigenvalue weighted by Gasteiger charge is -2.31. The third kappa shape index (κ3) is 4.65. The summed E-state index contributed by atoms with van der Waals surface area (Å²) in [6.45, 7) is 0. The van der Waals surface area contributed by atoms with E-state index in [1.54, 1.807) is 7.05 Å². The minimum atomic E-state index is -2.56. The van der Waals surface area contributed by atoms with Gasteiger partial charge in [-0.3, -0.25) is 0 Å². The van der Waals surface area contributed by atoms with Gasteiger partial charge in [-0.25, -0.2) is 8.57 Å². The Morgan fingerprint density at radius 3 is 2.40 bits per heavy atom. The van der Waals surface area contributed by atoms with Crippen LogP contribution in [0.5, 0.6) is 0 Å². The molecule has 0 amide bonds. The second-order valence-electron chi connectivity index (χ2n) is 8.00. The van der Waals surface area contributed by atoms with E-state index in [0.717, 1.165) is 24.2 Å². The molecule has 0 spiro atoms. The van der Waals surface area contributed by atoms with Crippen LogP contribution in [0.25, 0.3) is 0 Å². The summed E-state index contributed by atoms with van der Waals surface area (Å²) in [5.74, 6) is 1.24. The molecule has 4 heteroatoms. The number of nitrogens with zero attached hydrogens (tertiary/aromatic N) is 1. The fourth-order valence-electron chi connectivity index (χ4n) is 4.54. The van der Waals surface area contributed by atoms with Crippen molar-refractivity contribution in [3.8, 4) is 0 Å². The van der Waals surface area contributed by atoms with Crippen LogP contribution in [0.3, 0.4) is 0 Å². The third-order valence-electron chi connectivity index (χ3n) is 6.15. The molecule has 2 unspecified atom stereocenters. The van der Waals surface area contributed by atoms with E-state index in [1.807, 2.05) is 30.3 Å². The standard InChI is InChI=1S/C21H33NO2S/c1-22-25(24,19-13-9-7-10-14-19)17-21(23)15-11-6-4-2-3-5-8-12-18-16-20(18)21/h7,9-10,13-14,18,20,23H,2-6,8,11-12,15-17H2,1H3/t18-,20-,21?,25?/m0/s1. The summed E-state index contributed by atoms with van der Waals surface area (Å²) in [7, 11) is -0.923. The van der Waals surface area contributed by atoms with Crippen molar-refractivity contribution < 1.29 is 9.32 Å². The molecule has 2 saturated carbocycles. The van der Waals surface area contributed by atoms with E-state index in [2.05, 4.69) is 4.36 Å². The largest absolute Gasteiger partial charge is 0.389 e. The maximum absolute atomic E-state index is 13.5. The Bertz CT molecular complexity index is 666. The molecule has 3 nitrogen and oxygen atoms in total. The van der Waals surface area contributed by atoms with Gasteiger partial charge in [0.15, 0.2) is 0 Å². The molecule has 2 fully saturated rings. The summed E-state index contributed by atoms with van der Waals surface area (Å²) < 4.78 is 17.8. The topological polar surface area (TPSA) is 49.7 Å². The van der Waals surface area contributed by atoms with E-state index < -0.39 is 15.3 Å². The Morgan fingerprint density at radius 1 is 1.08 bits per heavy atom. The molecule has 140 valence electrons. The quantitative estimate of drug-likeness (QED) is 0.818. The van der Waals surface area contributed by atoms with Crippen molar-refractivity contribution in [2.75, 3.05) is 12.8 Å². The minimum absolute atomic E-state index is 0.293. The Balaban J connectivity index is 1.80. The average Bonchev–Trinajstić information content (AvgIpc) is 3.40. The molecule has 25 heavy (non-hydrogen) atoms. The molecule has 3 rings (SSSR count). The lowest BCUT2D eigenvalue weighted by molar-refractivity contribution is 0.0232. The number of rotatable bonds is 3. The third-order valence-corrected chi connectivity index (χ3v) is 8.64. The maximum atomic E-state index is 13.5. The van der Waals surface area contributed by atoms with Gasteiger partial charge in [0.1, 0.15) is 0 Å². The molecular weight excluding hydrogens is 330 g/mol. The zero-order chi connectivity index (χ0) is 17.8. The van der Waals surface area contributed by atoms with Crippen molar-refractivity contribution in [3.63, 3.8) is 0 Å². The molecular formula is C21H33NO2S. The highest BCUT2D eigenvalue weighted by Crippen LogP contribution is 2.52. The highest BCUT2D eigenvalue weighted by Gasteiger charge is 2.52. The molecule has 1 aromatic carbocycles. The van der Waals surface area contributed by atoms with E-state index >= 15 is 0 Å². The van der Waals surface area contributed by atoms with E-state index in [0.29, 0.717) is 17.6 Å². The van der Waals surface area contributed by atoms with Crippen molar-refractivity contribution in [2.45, 2.75) is 74.7 Å². The van der Waals surface area contributed by atoms with Crippen molar-refractivity contribution in [1.29, 1.82) is 0 Å². The molecule has 1 N–H and O–H groups in total. The van der Waals surface area contributed by atoms with Gasteiger partial charge in [0.2, 0.25) is 0 Å². The van der Waals surface area contributed by atoms with E-state index in [9.17, 15) is 9.32 Å². The van der Waals surface area contributed by atoms with E-state index in [4.69, 9.17) is 0 Å². The molecule has 2 aliphatic carbocycles. The van der Waals surface area contributed by atoms with Gasteiger partial charge >= 0.3 is 0 Å². The first-order valence-corrected chi connectivity index (χ1v) is 11.7. The lowest BCUT2D eigenvalue weighted by Crippen LogP contribution is -2.40. The monoisotopic (exact) mass is 363 g/mol. The summed E-state index contributed by atoms with van der Waals surface area (Å²) in [5, 5.41) is 11.6. The molecule has 0 saturated heterocycles. The van der Waals surface area contributed by atoms with Crippen molar-refractivity contribution in [2.24, 2.45) is 16.2 Å². The van der Waals surface area contributed by atoms with Crippen LogP contribution in [0.1, 0.15) is 64.2 Å². The molecule has 0 radical (unpaired) electrons. The minimum Gasteiger partial charge on any atom is -0.389 e. The Labute approximate surface area is 153 Å². The van der Waals surface area contributed by atoms with Crippen LogP contribution in [0, 0.1) is 11.8 Å². The Morgan fingerprint density at radius 2 is 1.72 bits per heavy atom. The molecule has 4 atom stereocenters. The van der Waals surface area contributed by atoms with E-state index in [1.165, 1.54) is 44.9 Å². The fraction of sp³-hybridized carbons (Fsp3) is 0.714. The normalized spacial score (nSPS) is 33.2. The first-order chi connectivity index (χ1) is 12.1. The van der Waals surface area contributed by atoms with Gasteiger partial charge in [0.25, 0.3) is 0 Å². The van der Waals surface area contributed by atoms with Crippen molar-refractivity contribution in [1.82, 2.24) is 0 Å². The predicted molar refractivity (Wildman–Crippen MR) is 104 cm³/mol. The number of fused-ring (bicyclic) bond motifs is 1. The summed E-state index contributed by atoms with van der Waals surface area (Å²) >= 11 is 0. The summed E-state index contributed by atoms with van der Waals surface area (Å²) in [6, 6.07) is 9.52. The van der Waals surface area contributed by atoms with Gasteiger partial charge in [-0.2, -0.15) is 0 Å². The Hall–Kier alpha value is -0.870. The Kier molecular flexibility index (Phi) is 6.21. The highest BCUT2D eigenvalue weighted by atomic mass is 32.2. The van der Waals surface area contributed by atoms with Gasteiger partial charge in [-0.1, -0.05) is 69.6 Å². The molecule has 0 aromatic heterocycles. The van der Waals surface area contributed by atoms with Crippen molar-refractivity contribution >= 4 is 9.73 Å². The summed E-state index contributed by atoms with van der Waals surface area (Å²) in [5.41, 5.74) is -0.823. The smallest absolute Gasteiger partial charge is 0.0805 e.